The van der Waals surface area contributed by atoms with Crippen molar-refractivity contribution in [2.24, 2.45) is 5.73 Å². The Bertz CT molecular complexity index is 473. The van der Waals surface area contributed by atoms with Gasteiger partial charge in [-0.05, 0) is 26.0 Å². The molecule has 0 radical (unpaired) electrons. The van der Waals surface area contributed by atoms with E-state index < -0.39 is 0 Å². The van der Waals surface area contributed by atoms with Gasteiger partial charge < -0.3 is 5.73 Å². The first-order valence-electron chi connectivity index (χ1n) is 4.50. The third kappa shape index (κ3) is 1.29. The average Bonchev–Trinajstić information content (AvgIpc) is 2.46. The number of pyridine rings is 1. The van der Waals surface area contributed by atoms with Gasteiger partial charge in [0.1, 0.15) is 5.82 Å². The van der Waals surface area contributed by atoms with E-state index in [-0.39, 0.29) is 6.04 Å². The highest BCUT2D eigenvalue weighted by Gasteiger charge is 2.13. The molecule has 14 heavy (non-hydrogen) atoms. The quantitative estimate of drug-likeness (QED) is 0.784. The van der Waals surface area contributed by atoms with Gasteiger partial charge in [0.2, 0.25) is 0 Å². The number of hydrogen-bond acceptors (Lipinski definition) is 2. The van der Waals surface area contributed by atoms with Crippen LogP contribution in [-0.4, -0.2) is 9.38 Å². The van der Waals surface area contributed by atoms with Crippen LogP contribution in [0.15, 0.2) is 18.2 Å². The van der Waals surface area contributed by atoms with Crippen LogP contribution in [0.3, 0.4) is 0 Å². The molecule has 1 atom stereocenters. The lowest BCUT2D eigenvalue weighted by atomic mass is 10.3. The van der Waals surface area contributed by atoms with Crippen LogP contribution in [0.2, 0.25) is 5.15 Å². The highest BCUT2D eigenvalue weighted by molar-refractivity contribution is 6.32. The normalized spacial score (nSPS) is 13.4. The van der Waals surface area contributed by atoms with Gasteiger partial charge in [0.15, 0.2) is 5.15 Å². The van der Waals surface area contributed by atoms with E-state index in [2.05, 4.69) is 4.98 Å². The number of hydrogen-bond donors (Lipinski definition) is 1. The van der Waals surface area contributed by atoms with Crippen LogP contribution in [0.1, 0.15) is 24.5 Å². The Morgan fingerprint density at radius 2 is 2.21 bits per heavy atom. The third-order valence-electron chi connectivity index (χ3n) is 2.25. The molecule has 2 heterocycles. The van der Waals surface area contributed by atoms with E-state index in [0.717, 1.165) is 17.0 Å². The van der Waals surface area contributed by atoms with Gasteiger partial charge in [-0.3, -0.25) is 4.40 Å². The summed E-state index contributed by atoms with van der Waals surface area (Å²) in [4.78, 5) is 4.25. The van der Waals surface area contributed by atoms with Gasteiger partial charge in [0.05, 0.1) is 11.6 Å². The van der Waals surface area contributed by atoms with Gasteiger partial charge in [0.25, 0.3) is 0 Å². The highest BCUT2D eigenvalue weighted by atomic mass is 35.5. The van der Waals surface area contributed by atoms with Crippen molar-refractivity contribution in [3.8, 4) is 0 Å². The Morgan fingerprint density at radius 3 is 2.86 bits per heavy atom. The molecule has 1 unspecified atom stereocenters. The van der Waals surface area contributed by atoms with Crippen molar-refractivity contribution in [2.45, 2.75) is 19.9 Å². The predicted molar refractivity (Wildman–Crippen MR) is 57.5 cm³/mol. The van der Waals surface area contributed by atoms with Gasteiger partial charge >= 0.3 is 0 Å². The minimum atomic E-state index is -0.115. The molecule has 0 bridgehead atoms. The molecule has 0 amide bonds. The SMILES string of the molecule is Cc1cccc2c(Cl)nc(C(C)N)n12. The summed E-state index contributed by atoms with van der Waals surface area (Å²) in [5, 5.41) is 0.515. The summed E-state index contributed by atoms with van der Waals surface area (Å²) in [6.45, 7) is 3.91. The van der Waals surface area contributed by atoms with Crippen LogP contribution in [-0.2, 0) is 0 Å². The number of nitrogens with zero attached hydrogens (tertiary/aromatic N) is 2. The van der Waals surface area contributed by atoms with E-state index in [1.165, 1.54) is 0 Å². The number of fused-ring (bicyclic) bond motifs is 1. The molecule has 2 N–H and O–H groups in total. The summed E-state index contributed by atoms with van der Waals surface area (Å²) in [6.07, 6.45) is 0. The van der Waals surface area contributed by atoms with Gasteiger partial charge in [0, 0.05) is 5.69 Å². The molecule has 2 rings (SSSR count). The lowest BCUT2D eigenvalue weighted by molar-refractivity contribution is 0.729. The minimum absolute atomic E-state index is 0.115. The van der Waals surface area contributed by atoms with Crippen LogP contribution in [0.5, 0.6) is 0 Å². The number of aromatic nitrogens is 2. The maximum Gasteiger partial charge on any atom is 0.155 e. The van der Waals surface area contributed by atoms with Gasteiger partial charge in [-0.2, -0.15) is 0 Å². The minimum Gasteiger partial charge on any atom is -0.322 e. The van der Waals surface area contributed by atoms with E-state index in [9.17, 15) is 0 Å². The topological polar surface area (TPSA) is 43.3 Å². The molecule has 0 aliphatic heterocycles. The Hall–Kier alpha value is -1.06. The second-order valence-electron chi connectivity index (χ2n) is 3.44. The maximum atomic E-state index is 6.01. The molecular formula is C10H12ClN3. The molecule has 3 nitrogen and oxygen atoms in total. The summed E-state index contributed by atoms with van der Waals surface area (Å²) >= 11 is 6.01. The molecule has 2 aromatic rings. The van der Waals surface area contributed by atoms with Crippen molar-refractivity contribution in [2.75, 3.05) is 0 Å². The van der Waals surface area contributed by atoms with E-state index in [0.29, 0.717) is 5.15 Å². The summed E-state index contributed by atoms with van der Waals surface area (Å²) in [5.74, 6) is 0.808. The summed E-state index contributed by atoms with van der Waals surface area (Å²) < 4.78 is 1.99. The van der Waals surface area contributed by atoms with Crippen molar-refractivity contribution < 1.29 is 0 Å². The second-order valence-corrected chi connectivity index (χ2v) is 3.80. The fourth-order valence-corrected chi connectivity index (χ4v) is 1.83. The zero-order valence-corrected chi connectivity index (χ0v) is 8.92. The van der Waals surface area contributed by atoms with Crippen molar-refractivity contribution in [1.82, 2.24) is 9.38 Å². The summed E-state index contributed by atoms with van der Waals surface area (Å²) in [7, 11) is 0. The standard InChI is InChI=1S/C10H12ClN3/c1-6-4-3-5-8-9(11)13-10(7(2)12)14(6)8/h3-5,7H,12H2,1-2H3. The molecule has 0 saturated carbocycles. The molecule has 0 saturated heterocycles. The summed E-state index contributed by atoms with van der Waals surface area (Å²) in [5.41, 5.74) is 7.83. The molecular weight excluding hydrogens is 198 g/mol. The van der Waals surface area contributed by atoms with Crippen LogP contribution < -0.4 is 5.73 Å². The zero-order valence-electron chi connectivity index (χ0n) is 8.16. The number of rotatable bonds is 1. The smallest absolute Gasteiger partial charge is 0.155 e. The van der Waals surface area contributed by atoms with Crippen molar-refractivity contribution in [1.29, 1.82) is 0 Å². The van der Waals surface area contributed by atoms with Gasteiger partial charge in [-0.25, -0.2) is 4.98 Å². The molecule has 4 heteroatoms. The first kappa shape index (κ1) is 9.49. The predicted octanol–water partition coefficient (Wildman–Crippen LogP) is 2.32. The second kappa shape index (κ2) is 3.26. The Balaban J connectivity index is 2.86. The van der Waals surface area contributed by atoms with E-state index >= 15 is 0 Å². The number of aryl methyl sites for hydroxylation is 1. The van der Waals surface area contributed by atoms with Crippen LogP contribution in [0.4, 0.5) is 0 Å². The molecule has 0 aliphatic carbocycles. The van der Waals surface area contributed by atoms with Crippen LogP contribution >= 0.6 is 11.6 Å². The maximum absolute atomic E-state index is 6.01. The zero-order chi connectivity index (χ0) is 10.3. The molecule has 0 fully saturated rings. The van der Waals surface area contributed by atoms with Gasteiger partial charge in [-0.15, -0.1) is 0 Å². The highest BCUT2D eigenvalue weighted by Crippen LogP contribution is 2.22. The number of nitrogens with two attached hydrogens (primary N) is 1. The van der Waals surface area contributed by atoms with Crippen molar-refractivity contribution in [3.63, 3.8) is 0 Å². The van der Waals surface area contributed by atoms with E-state index in [1.807, 2.05) is 36.4 Å². The van der Waals surface area contributed by atoms with Crippen LogP contribution in [0.25, 0.3) is 5.52 Å². The monoisotopic (exact) mass is 209 g/mol. The Labute approximate surface area is 87.5 Å². The van der Waals surface area contributed by atoms with Crippen LogP contribution in [0, 0.1) is 6.92 Å². The molecule has 74 valence electrons. The molecule has 0 spiro atoms. The lowest BCUT2D eigenvalue weighted by Gasteiger charge is -2.06. The molecule has 2 aromatic heterocycles. The Kier molecular flexibility index (Phi) is 2.21. The first-order chi connectivity index (χ1) is 6.61. The summed E-state index contributed by atoms with van der Waals surface area (Å²) in [6, 6.07) is 5.80. The largest absolute Gasteiger partial charge is 0.322 e. The van der Waals surface area contributed by atoms with E-state index in [1.54, 1.807) is 0 Å². The molecule has 0 aromatic carbocycles. The van der Waals surface area contributed by atoms with Crippen molar-refractivity contribution >= 4 is 17.1 Å². The van der Waals surface area contributed by atoms with Gasteiger partial charge in [-0.1, -0.05) is 17.7 Å². The lowest BCUT2D eigenvalue weighted by Crippen LogP contribution is -2.10. The number of halogens is 1. The Morgan fingerprint density at radius 1 is 1.50 bits per heavy atom. The van der Waals surface area contributed by atoms with E-state index in [4.69, 9.17) is 17.3 Å². The average molecular weight is 210 g/mol. The van der Waals surface area contributed by atoms with Crippen molar-refractivity contribution in [3.05, 3.63) is 34.9 Å². The fourth-order valence-electron chi connectivity index (χ4n) is 1.60. The fraction of sp³-hybridized carbons (Fsp3) is 0.300. The number of imidazole rings is 1. The first-order valence-corrected chi connectivity index (χ1v) is 4.88. The molecule has 0 aliphatic rings. The third-order valence-corrected chi connectivity index (χ3v) is 2.52.